The zero-order chi connectivity index (χ0) is 12.3. The van der Waals surface area contributed by atoms with E-state index in [0.717, 1.165) is 24.5 Å². The number of benzene rings is 1. The molecule has 3 heteroatoms. The lowest BCUT2D eigenvalue weighted by Gasteiger charge is -2.28. The Morgan fingerprint density at radius 1 is 1.29 bits per heavy atom. The van der Waals surface area contributed by atoms with E-state index >= 15 is 0 Å². The molecule has 0 heterocycles. The maximum Gasteiger partial charge on any atom is 0.137 e. The Labute approximate surface area is 110 Å². The fourth-order valence-corrected chi connectivity index (χ4v) is 2.76. The van der Waals surface area contributed by atoms with Crippen LogP contribution in [0.25, 0.3) is 0 Å². The Kier molecular flexibility index (Phi) is 4.43. The normalized spacial score (nSPS) is 24.6. The Balaban J connectivity index is 1.91. The van der Waals surface area contributed by atoms with E-state index in [1.807, 2.05) is 0 Å². The van der Waals surface area contributed by atoms with Gasteiger partial charge in [-0.2, -0.15) is 0 Å². The largest absolute Gasteiger partial charge is 0.490 e. The molecule has 1 saturated carbocycles. The maximum atomic E-state index is 13.1. The zero-order valence-electron chi connectivity index (χ0n) is 10.1. The fourth-order valence-electron chi connectivity index (χ4n) is 2.40. The average Bonchev–Trinajstić information content (AvgIpc) is 2.35. The van der Waals surface area contributed by atoms with Crippen LogP contribution in [0.4, 0.5) is 4.39 Å². The van der Waals surface area contributed by atoms with E-state index in [0.29, 0.717) is 10.6 Å². The van der Waals surface area contributed by atoms with Crippen LogP contribution in [-0.2, 0) is 0 Å². The van der Waals surface area contributed by atoms with E-state index in [4.69, 9.17) is 4.74 Å². The molecule has 1 aromatic carbocycles. The number of halogens is 2. The lowest BCUT2D eigenvalue weighted by Crippen LogP contribution is -2.23. The summed E-state index contributed by atoms with van der Waals surface area (Å²) in [6.45, 7) is 2.25. The SMILES string of the molecule is CCC1CCC(Oc2ccc(F)c(Br)c2)CC1. The Morgan fingerprint density at radius 3 is 2.59 bits per heavy atom. The molecule has 17 heavy (non-hydrogen) atoms. The molecule has 0 saturated heterocycles. The smallest absolute Gasteiger partial charge is 0.137 e. The molecule has 0 aromatic heterocycles. The summed E-state index contributed by atoms with van der Waals surface area (Å²) in [5, 5.41) is 0. The van der Waals surface area contributed by atoms with Crippen LogP contribution in [0.15, 0.2) is 22.7 Å². The molecule has 1 aromatic rings. The average molecular weight is 301 g/mol. The predicted octanol–water partition coefficient (Wildman–Crippen LogP) is 4.94. The Bertz CT molecular complexity index is 372. The van der Waals surface area contributed by atoms with E-state index in [-0.39, 0.29) is 5.82 Å². The second-order valence-electron chi connectivity index (χ2n) is 4.74. The summed E-state index contributed by atoms with van der Waals surface area (Å²) in [5.41, 5.74) is 0. The van der Waals surface area contributed by atoms with Gasteiger partial charge in [0.2, 0.25) is 0 Å². The van der Waals surface area contributed by atoms with Crippen LogP contribution in [0.2, 0.25) is 0 Å². The number of rotatable bonds is 3. The van der Waals surface area contributed by atoms with Gasteiger partial charge in [0.05, 0.1) is 10.6 Å². The summed E-state index contributed by atoms with van der Waals surface area (Å²) in [7, 11) is 0. The van der Waals surface area contributed by atoms with Gasteiger partial charge in [-0.1, -0.05) is 13.3 Å². The third-order valence-corrected chi connectivity index (χ3v) is 4.17. The van der Waals surface area contributed by atoms with Crippen LogP contribution in [-0.4, -0.2) is 6.10 Å². The molecular weight excluding hydrogens is 283 g/mol. The molecule has 0 radical (unpaired) electrons. The third-order valence-electron chi connectivity index (χ3n) is 3.56. The van der Waals surface area contributed by atoms with Crippen molar-refractivity contribution in [3.05, 3.63) is 28.5 Å². The Morgan fingerprint density at radius 2 is 2.00 bits per heavy atom. The molecule has 0 amide bonds. The number of hydrogen-bond donors (Lipinski definition) is 0. The van der Waals surface area contributed by atoms with E-state index in [2.05, 4.69) is 22.9 Å². The molecule has 94 valence electrons. The number of ether oxygens (including phenoxy) is 1. The minimum Gasteiger partial charge on any atom is -0.490 e. The summed E-state index contributed by atoms with van der Waals surface area (Å²) in [6, 6.07) is 4.85. The molecule has 0 spiro atoms. The topological polar surface area (TPSA) is 9.23 Å². The summed E-state index contributed by atoms with van der Waals surface area (Å²) in [4.78, 5) is 0. The van der Waals surface area contributed by atoms with Gasteiger partial charge in [0.1, 0.15) is 11.6 Å². The quantitative estimate of drug-likeness (QED) is 0.768. The molecule has 1 nitrogen and oxygen atoms in total. The van der Waals surface area contributed by atoms with Crippen molar-refractivity contribution in [2.75, 3.05) is 0 Å². The van der Waals surface area contributed by atoms with Crippen molar-refractivity contribution in [2.45, 2.75) is 45.1 Å². The molecule has 0 atom stereocenters. The van der Waals surface area contributed by atoms with Crippen molar-refractivity contribution < 1.29 is 9.13 Å². The molecule has 0 N–H and O–H groups in total. The van der Waals surface area contributed by atoms with E-state index in [1.165, 1.54) is 25.3 Å². The highest BCUT2D eigenvalue weighted by Gasteiger charge is 2.21. The van der Waals surface area contributed by atoms with Crippen LogP contribution in [0.3, 0.4) is 0 Å². The highest BCUT2D eigenvalue weighted by Crippen LogP contribution is 2.30. The summed E-state index contributed by atoms with van der Waals surface area (Å²) in [5.74, 6) is 1.39. The van der Waals surface area contributed by atoms with Crippen molar-refractivity contribution >= 4 is 15.9 Å². The molecule has 1 aliphatic carbocycles. The highest BCUT2D eigenvalue weighted by atomic mass is 79.9. The van der Waals surface area contributed by atoms with Crippen molar-refractivity contribution in [1.29, 1.82) is 0 Å². The number of hydrogen-bond acceptors (Lipinski definition) is 1. The first kappa shape index (κ1) is 12.9. The van der Waals surface area contributed by atoms with Crippen LogP contribution in [0.5, 0.6) is 5.75 Å². The molecule has 0 unspecified atom stereocenters. The summed E-state index contributed by atoms with van der Waals surface area (Å²) < 4.78 is 19.4. The van der Waals surface area contributed by atoms with Gasteiger partial charge in [0, 0.05) is 0 Å². The predicted molar refractivity (Wildman–Crippen MR) is 70.8 cm³/mol. The van der Waals surface area contributed by atoms with E-state index < -0.39 is 0 Å². The van der Waals surface area contributed by atoms with Crippen molar-refractivity contribution in [2.24, 2.45) is 5.92 Å². The van der Waals surface area contributed by atoms with Gasteiger partial charge < -0.3 is 4.74 Å². The highest BCUT2D eigenvalue weighted by molar-refractivity contribution is 9.10. The molecule has 2 rings (SSSR count). The van der Waals surface area contributed by atoms with Crippen molar-refractivity contribution in [3.63, 3.8) is 0 Å². The van der Waals surface area contributed by atoms with Gasteiger partial charge in [-0.15, -0.1) is 0 Å². The standard InChI is InChI=1S/C14H18BrFO/c1-2-10-3-5-11(6-4-10)17-12-7-8-14(16)13(15)9-12/h7-11H,2-6H2,1H3. The first-order valence-electron chi connectivity index (χ1n) is 6.30. The van der Waals surface area contributed by atoms with Gasteiger partial charge in [0.15, 0.2) is 0 Å². The summed E-state index contributed by atoms with van der Waals surface area (Å²) in [6.07, 6.45) is 6.32. The van der Waals surface area contributed by atoms with Crippen LogP contribution >= 0.6 is 15.9 Å². The molecule has 0 aliphatic heterocycles. The molecule has 1 fully saturated rings. The lowest BCUT2D eigenvalue weighted by molar-refractivity contribution is 0.130. The first-order valence-corrected chi connectivity index (χ1v) is 7.10. The zero-order valence-corrected chi connectivity index (χ0v) is 11.7. The van der Waals surface area contributed by atoms with Gasteiger partial charge in [-0.05, 0) is 65.7 Å². The second-order valence-corrected chi connectivity index (χ2v) is 5.60. The van der Waals surface area contributed by atoms with Gasteiger partial charge in [-0.25, -0.2) is 4.39 Å². The molecule has 1 aliphatic rings. The Hall–Kier alpha value is -0.570. The van der Waals surface area contributed by atoms with Crippen LogP contribution < -0.4 is 4.74 Å². The minimum absolute atomic E-state index is 0.243. The lowest BCUT2D eigenvalue weighted by atomic mass is 9.86. The third kappa shape index (κ3) is 3.44. The van der Waals surface area contributed by atoms with Crippen molar-refractivity contribution in [3.8, 4) is 5.75 Å². The molecule has 0 bridgehead atoms. The van der Waals surface area contributed by atoms with Gasteiger partial charge in [-0.3, -0.25) is 0 Å². The van der Waals surface area contributed by atoms with Gasteiger partial charge >= 0.3 is 0 Å². The summed E-state index contributed by atoms with van der Waals surface area (Å²) >= 11 is 3.18. The van der Waals surface area contributed by atoms with E-state index in [1.54, 1.807) is 12.1 Å². The second kappa shape index (κ2) is 5.85. The monoisotopic (exact) mass is 300 g/mol. The fraction of sp³-hybridized carbons (Fsp3) is 0.571. The van der Waals surface area contributed by atoms with Crippen LogP contribution in [0, 0.1) is 11.7 Å². The molecular formula is C14H18BrFO. The van der Waals surface area contributed by atoms with E-state index in [9.17, 15) is 4.39 Å². The van der Waals surface area contributed by atoms with Crippen molar-refractivity contribution in [1.82, 2.24) is 0 Å². The van der Waals surface area contributed by atoms with Crippen LogP contribution in [0.1, 0.15) is 39.0 Å². The van der Waals surface area contributed by atoms with Gasteiger partial charge in [0.25, 0.3) is 0 Å². The minimum atomic E-state index is -0.243. The first-order chi connectivity index (χ1) is 8.19. The maximum absolute atomic E-state index is 13.1.